The Morgan fingerprint density at radius 3 is 2.83 bits per heavy atom. The van der Waals surface area contributed by atoms with Crippen LogP contribution in [0.4, 0.5) is 15.2 Å². The van der Waals surface area contributed by atoms with Gasteiger partial charge in [-0.2, -0.15) is 9.89 Å². The number of thiazole rings is 1. The van der Waals surface area contributed by atoms with E-state index < -0.39 is 17.1 Å². The molecule has 1 atom stereocenters. The van der Waals surface area contributed by atoms with Gasteiger partial charge < -0.3 is 16.0 Å². The summed E-state index contributed by atoms with van der Waals surface area (Å²) in [5.74, 6) is -0.817. The molecule has 0 saturated heterocycles. The van der Waals surface area contributed by atoms with Gasteiger partial charge in [-0.1, -0.05) is 42.0 Å². The number of hydrogen-bond acceptors (Lipinski definition) is 7. The number of nitrogens with zero attached hydrogens (tertiary/aromatic N) is 4. The van der Waals surface area contributed by atoms with Crippen molar-refractivity contribution < 1.29 is 17.9 Å². The number of aromatic nitrogens is 3. The predicted molar refractivity (Wildman–Crippen MR) is 140 cm³/mol. The van der Waals surface area contributed by atoms with E-state index in [9.17, 15) is 17.9 Å². The molecule has 0 spiro atoms. The van der Waals surface area contributed by atoms with Gasteiger partial charge in [0, 0.05) is 30.7 Å². The lowest BCUT2D eigenvalue weighted by molar-refractivity contribution is 0.0952. The van der Waals surface area contributed by atoms with E-state index >= 15 is 0 Å². The number of carbonyl (C=O) groups excluding carboxylic acids is 1. The van der Waals surface area contributed by atoms with Gasteiger partial charge in [0.25, 0.3) is 17.2 Å². The Bertz CT molecular complexity index is 1400. The Labute approximate surface area is 217 Å². The molecule has 10 nitrogen and oxygen atoms in total. The molecule has 0 aliphatic heterocycles. The quantitative estimate of drug-likeness (QED) is 0.166. The van der Waals surface area contributed by atoms with Crippen LogP contribution in [0.2, 0.25) is 4.34 Å². The molecule has 2 aromatic heterocycles. The van der Waals surface area contributed by atoms with Crippen molar-refractivity contribution in [1.29, 1.82) is 0 Å². The van der Waals surface area contributed by atoms with Gasteiger partial charge >= 0.3 is 0 Å². The molecule has 2 aromatic carbocycles. The number of likely N-dealkylation sites (N-methyl/N-ethyl adjacent to an activating group) is 1. The van der Waals surface area contributed by atoms with Crippen LogP contribution in [0.15, 0.2) is 48.8 Å². The van der Waals surface area contributed by atoms with Crippen molar-refractivity contribution >= 4 is 61.8 Å². The van der Waals surface area contributed by atoms with E-state index in [0.717, 1.165) is 27.9 Å². The number of rotatable bonds is 11. The van der Waals surface area contributed by atoms with Crippen LogP contribution in [0.3, 0.4) is 0 Å². The summed E-state index contributed by atoms with van der Waals surface area (Å²) in [5, 5.41) is 14.2. The van der Waals surface area contributed by atoms with Crippen molar-refractivity contribution in [2.45, 2.75) is 13.5 Å². The van der Waals surface area contributed by atoms with E-state index in [0.29, 0.717) is 39.6 Å². The van der Waals surface area contributed by atoms with Gasteiger partial charge in [0.15, 0.2) is 0 Å². The highest BCUT2D eigenvalue weighted by molar-refractivity contribution is 7.81. The largest absolute Gasteiger partial charge is 0.383 e. The van der Waals surface area contributed by atoms with Crippen molar-refractivity contribution in [1.82, 2.24) is 25.5 Å². The Hall–Kier alpha value is -3.10. The summed E-state index contributed by atoms with van der Waals surface area (Å²) in [6.45, 7) is 4.15. The molecule has 0 saturated carbocycles. The lowest BCUT2D eigenvalue weighted by Crippen LogP contribution is -2.32. The number of nitrogens with one attached hydrogen (secondary N) is 3. The van der Waals surface area contributed by atoms with Crippen molar-refractivity contribution in [3.05, 3.63) is 70.1 Å². The monoisotopic (exact) mass is 551 g/mol. The van der Waals surface area contributed by atoms with E-state index in [1.807, 2.05) is 13.0 Å². The summed E-state index contributed by atoms with van der Waals surface area (Å²) >= 11 is 4.51. The van der Waals surface area contributed by atoms with Crippen LogP contribution >= 0.6 is 22.9 Å². The Balaban J connectivity index is 1.54. The number of halogens is 2. The fourth-order valence-electron chi connectivity index (χ4n) is 3.54. The van der Waals surface area contributed by atoms with Gasteiger partial charge in [-0.3, -0.25) is 9.35 Å². The third-order valence-electron chi connectivity index (χ3n) is 5.17. The van der Waals surface area contributed by atoms with Gasteiger partial charge in [0.2, 0.25) is 5.13 Å². The molecular weight excluding hydrogens is 529 g/mol. The predicted octanol–water partition coefficient (Wildman–Crippen LogP) is 3.64. The van der Waals surface area contributed by atoms with E-state index in [1.165, 1.54) is 35.4 Å². The molecule has 4 aromatic rings. The van der Waals surface area contributed by atoms with Crippen LogP contribution in [-0.4, -0.2) is 49.2 Å². The first-order chi connectivity index (χ1) is 17.4. The maximum Gasteiger partial charge on any atom is 0.285 e. The summed E-state index contributed by atoms with van der Waals surface area (Å²) < 4.78 is 37.1. The SMILES string of the molecule is CCNCCNc1cc(F)ccc1C(=O)NCc1cccc2c1cnn2N(c1ncc(Cl)s1)S(=O)O. The molecule has 1 unspecified atom stereocenters. The first kappa shape index (κ1) is 26.0. The molecule has 14 heteroatoms. The minimum absolute atomic E-state index is 0.154. The van der Waals surface area contributed by atoms with E-state index in [1.54, 1.807) is 12.1 Å². The van der Waals surface area contributed by atoms with E-state index in [2.05, 4.69) is 26.0 Å². The van der Waals surface area contributed by atoms with Gasteiger partial charge in [-0.15, -0.1) is 4.41 Å². The van der Waals surface area contributed by atoms with Crippen LogP contribution in [0.5, 0.6) is 0 Å². The second-order valence-corrected chi connectivity index (χ2v) is 9.94. The molecule has 0 radical (unpaired) electrons. The summed E-state index contributed by atoms with van der Waals surface area (Å²) in [5.41, 5.74) is 1.98. The number of fused-ring (bicyclic) bond motifs is 1. The van der Waals surface area contributed by atoms with E-state index in [-0.39, 0.29) is 17.6 Å². The fraction of sp³-hybridized carbons (Fsp3) is 0.227. The number of benzene rings is 2. The first-order valence-corrected chi connectivity index (χ1v) is 13.2. The Morgan fingerprint density at radius 1 is 1.28 bits per heavy atom. The summed E-state index contributed by atoms with van der Waals surface area (Å²) in [6, 6.07) is 9.27. The van der Waals surface area contributed by atoms with Crippen molar-refractivity contribution in [2.24, 2.45) is 0 Å². The minimum Gasteiger partial charge on any atom is -0.383 e. The second-order valence-electron chi connectivity index (χ2n) is 7.49. The maximum absolute atomic E-state index is 13.8. The fourth-order valence-corrected chi connectivity index (χ4v) is 5.08. The molecule has 0 aliphatic carbocycles. The van der Waals surface area contributed by atoms with Crippen molar-refractivity contribution in [2.75, 3.05) is 29.4 Å². The molecule has 4 rings (SSSR count). The van der Waals surface area contributed by atoms with Gasteiger partial charge in [0.1, 0.15) is 10.2 Å². The van der Waals surface area contributed by atoms with Crippen LogP contribution < -0.4 is 20.4 Å². The second kappa shape index (κ2) is 11.8. The van der Waals surface area contributed by atoms with Crippen LogP contribution in [-0.2, 0) is 17.8 Å². The number of anilines is 2. The number of carbonyl (C=O) groups is 1. The molecule has 4 N–H and O–H groups in total. The summed E-state index contributed by atoms with van der Waals surface area (Å²) in [4.78, 5) is 18.3. The van der Waals surface area contributed by atoms with Crippen molar-refractivity contribution in [3.63, 3.8) is 0 Å². The zero-order valence-electron chi connectivity index (χ0n) is 19.1. The molecule has 190 valence electrons. The lowest BCUT2D eigenvalue weighted by atomic mass is 10.1. The Kier molecular flexibility index (Phi) is 8.48. The van der Waals surface area contributed by atoms with Crippen LogP contribution in [0, 0.1) is 5.82 Å². The molecule has 0 bridgehead atoms. The molecule has 0 aliphatic rings. The molecule has 2 heterocycles. The molecule has 36 heavy (non-hydrogen) atoms. The number of amides is 1. The zero-order valence-corrected chi connectivity index (χ0v) is 21.5. The third kappa shape index (κ3) is 5.82. The van der Waals surface area contributed by atoms with E-state index in [4.69, 9.17) is 11.6 Å². The maximum atomic E-state index is 13.8. The van der Waals surface area contributed by atoms with Crippen LogP contribution in [0.1, 0.15) is 22.8 Å². The average Bonchev–Trinajstić information content (AvgIpc) is 3.47. The standard InChI is InChI=1S/C22H23ClFN7O3S2/c1-2-25-8-9-26-18-10-15(24)6-7-16(18)21(32)27-11-14-4-3-5-19-17(14)12-29-30(19)31(36(33)34)22-28-13-20(23)35-22/h3-7,10,12-13,25-26H,2,8-9,11H2,1H3,(H,27,32)(H,33,34). The Morgan fingerprint density at radius 2 is 2.11 bits per heavy atom. The molecule has 0 fully saturated rings. The smallest absolute Gasteiger partial charge is 0.285 e. The highest BCUT2D eigenvalue weighted by Crippen LogP contribution is 2.29. The van der Waals surface area contributed by atoms with Crippen molar-refractivity contribution in [3.8, 4) is 0 Å². The first-order valence-electron chi connectivity index (χ1n) is 10.9. The third-order valence-corrected chi connectivity index (χ3v) is 7.00. The average molecular weight is 552 g/mol. The zero-order chi connectivity index (χ0) is 25.7. The van der Waals surface area contributed by atoms with Gasteiger partial charge in [-0.25, -0.2) is 13.6 Å². The topological polar surface area (TPSA) is 124 Å². The van der Waals surface area contributed by atoms with Gasteiger partial charge in [-0.05, 0) is 36.4 Å². The highest BCUT2D eigenvalue weighted by Gasteiger charge is 2.22. The highest BCUT2D eigenvalue weighted by atomic mass is 35.5. The van der Waals surface area contributed by atoms with Crippen LogP contribution in [0.25, 0.3) is 10.9 Å². The minimum atomic E-state index is -2.47. The molecule has 1 amide bonds. The molecular formula is C22H23ClFN7O3S2. The lowest BCUT2D eigenvalue weighted by Gasteiger charge is -2.17. The van der Waals surface area contributed by atoms with Gasteiger partial charge in [0.05, 0.1) is 23.5 Å². The summed E-state index contributed by atoms with van der Waals surface area (Å²) in [7, 11) is 0. The summed E-state index contributed by atoms with van der Waals surface area (Å²) in [6.07, 6.45) is 2.92. The normalized spacial score (nSPS) is 12.0. The number of hydrogen-bond donors (Lipinski definition) is 4.